The summed E-state index contributed by atoms with van der Waals surface area (Å²) in [6.45, 7) is 2.22. The largest absolute Gasteiger partial charge is 0.489 e. The Morgan fingerprint density at radius 1 is 1.03 bits per heavy atom. The van der Waals surface area contributed by atoms with Crippen LogP contribution in [0.1, 0.15) is 28.5 Å². The van der Waals surface area contributed by atoms with E-state index in [1.807, 2.05) is 85.8 Å². The van der Waals surface area contributed by atoms with Crippen LogP contribution in [0.4, 0.5) is 0 Å². The highest BCUT2D eigenvalue weighted by molar-refractivity contribution is 6.31. The maximum absolute atomic E-state index is 12.4. The molecule has 2 N–H and O–H groups in total. The molecule has 6 nitrogen and oxygen atoms in total. The first-order valence-corrected chi connectivity index (χ1v) is 10.4. The maximum atomic E-state index is 12.4. The summed E-state index contributed by atoms with van der Waals surface area (Å²) in [6.07, 6.45) is 0. The molecule has 0 spiro atoms. The summed E-state index contributed by atoms with van der Waals surface area (Å²) in [7, 11) is 0. The molecule has 1 heterocycles. The third-order valence-corrected chi connectivity index (χ3v) is 5.21. The molecule has 0 fully saturated rings. The molecule has 0 saturated heterocycles. The van der Waals surface area contributed by atoms with Crippen molar-refractivity contribution in [1.82, 2.24) is 15.6 Å². The minimum atomic E-state index is -0.362. The summed E-state index contributed by atoms with van der Waals surface area (Å²) in [6, 6.07) is 26.4. The molecule has 0 unspecified atom stereocenters. The van der Waals surface area contributed by atoms with E-state index in [4.69, 9.17) is 16.3 Å². The average molecular weight is 445 g/mol. The van der Waals surface area contributed by atoms with Crippen molar-refractivity contribution in [3.05, 3.63) is 107 Å². The normalized spacial score (nSPS) is 11.2. The summed E-state index contributed by atoms with van der Waals surface area (Å²) in [5, 5.41) is 11.8. The minimum absolute atomic E-state index is 0.323. The molecule has 0 aliphatic heterocycles. The number of benzene rings is 3. The third-order valence-electron chi connectivity index (χ3n) is 4.84. The second-order valence-electron chi connectivity index (χ2n) is 7.08. The number of amides is 1. The topological polar surface area (TPSA) is 79.4 Å². The third kappa shape index (κ3) is 5.22. The minimum Gasteiger partial charge on any atom is -0.489 e. The number of ether oxygens (including phenoxy) is 1. The fraction of sp³-hybridized carbons (Fsp3) is 0.0800. The van der Waals surface area contributed by atoms with Crippen LogP contribution >= 0.6 is 11.6 Å². The van der Waals surface area contributed by atoms with Crippen LogP contribution in [0.2, 0.25) is 5.02 Å². The van der Waals surface area contributed by atoms with Gasteiger partial charge in [-0.1, -0.05) is 60.1 Å². The highest BCUT2D eigenvalue weighted by Crippen LogP contribution is 2.23. The second kappa shape index (κ2) is 9.94. The highest BCUT2D eigenvalue weighted by atomic mass is 35.5. The number of hydrazone groups is 1. The zero-order valence-corrected chi connectivity index (χ0v) is 18.1. The van der Waals surface area contributed by atoms with E-state index in [9.17, 15) is 4.79 Å². The van der Waals surface area contributed by atoms with Crippen LogP contribution in [0.25, 0.3) is 11.3 Å². The number of hydrogen-bond acceptors (Lipinski definition) is 4. The van der Waals surface area contributed by atoms with Crippen LogP contribution in [0.3, 0.4) is 0 Å². The van der Waals surface area contributed by atoms with Gasteiger partial charge in [0.05, 0.1) is 11.4 Å². The van der Waals surface area contributed by atoms with Crippen molar-refractivity contribution in [2.75, 3.05) is 0 Å². The average Bonchev–Trinajstić information content (AvgIpc) is 3.33. The first-order valence-electron chi connectivity index (χ1n) is 10.0. The summed E-state index contributed by atoms with van der Waals surface area (Å²) in [5.74, 6) is 0.353. The first kappa shape index (κ1) is 21.3. The molecule has 0 saturated carbocycles. The van der Waals surface area contributed by atoms with Crippen molar-refractivity contribution >= 4 is 23.2 Å². The van der Waals surface area contributed by atoms with Gasteiger partial charge in [-0.3, -0.25) is 9.89 Å². The van der Waals surface area contributed by atoms with Crippen LogP contribution in [0, 0.1) is 0 Å². The van der Waals surface area contributed by atoms with Crippen molar-refractivity contribution in [2.45, 2.75) is 13.5 Å². The molecule has 0 aliphatic carbocycles. The van der Waals surface area contributed by atoms with E-state index in [1.54, 1.807) is 6.07 Å². The highest BCUT2D eigenvalue weighted by Gasteiger charge is 2.11. The molecule has 7 heteroatoms. The van der Waals surface area contributed by atoms with Gasteiger partial charge in [0.1, 0.15) is 18.1 Å². The SMILES string of the molecule is C/C(=N/NC(=O)c1cc(-c2ccc(OCc3ccccc3Cl)cc2)n[nH]1)c1ccccc1. The lowest BCUT2D eigenvalue weighted by Crippen LogP contribution is -2.19. The van der Waals surface area contributed by atoms with Gasteiger partial charge in [-0.25, -0.2) is 5.43 Å². The first-order chi connectivity index (χ1) is 15.6. The van der Waals surface area contributed by atoms with Crippen LogP contribution < -0.4 is 10.2 Å². The summed E-state index contributed by atoms with van der Waals surface area (Å²) >= 11 is 6.16. The van der Waals surface area contributed by atoms with E-state index in [0.717, 1.165) is 16.7 Å². The number of nitrogens with zero attached hydrogens (tertiary/aromatic N) is 2. The Labute approximate surface area is 190 Å². The Morgan fingerprint density at radius 3 is 2.50 bits per heavy atom. The van der Waals surface area contributed by atoms with Gasteiger partial charge < -0.3 is 4.74 Å². The fourth-order valence-electron chi connectivity index (χ4n) is 3.02. The van der Waals surface area contributed by atoms with Crippen molar-refractivity contribution in [3.63, 3.8) is 0 Å². The Balaban J connectivity index is 1.37. The molecule has 4 rings (SSSR count). The van der Waals surface area contributed by atoms with Crippen LogP contribution in [-0.4, -0.2) is 21.8 Å². The van der Waals surface area contributed by atoms with Gasteiger partial charge in [0.25, 0.3) is 5.91 Å². The number of nitrogens with one attached hydrogen (secondary N) is 2. The number of rotatable bonds is 7. The van der Waals surface area contributed by atoms with Gasteiger partial charge in [0, 0.05) is 16.1 Å². The molecule has 3 aromatic carbocycles. The molecule has 160 valence electrons. The number of halogens is 1. The Bertz CT molecular complexity index is 1230. The monoisotopic (exact) mass is 444 g/mol. The van der Waals surface area contributed by atoms with Gasteiger partial charge in [-0.2, -0.15) is 10.2 Å². The van der Waals surface area contributed by atoms with Crippen LogP contribution in [0.5, 0.6) is 5.75 Å². The summed E-state index contributed by atoms with van der Waals surface area (Å²) < 4.78 is 5.81. The summed E-state index contributed by atoms with van der Waals surface area (Å²) in [5.41, 5.74) is 6.96. The predicted molar refractivity (Wildman–Crippen MR) is 126 cm³/mol. The van der Waals surface area contributed by atoms with Crippen molar-refractivity contribution < 1.29 is 9.53 Å². The zero-order valence-electron chi connectivity index (χ0n) is 17.4. The molecular formula is C25H21ClN4O2. The van der Waals surface area contributed by atoms with Crippen LogP contribution in [0.15, 0.2) is 90.0 Å². The lowest BCUT2D eigenvalue weighted by atomic mass is 10.1. The molecule has 4 aromatic rings. The number of carbonyl (C=O) groups is 1. The molecule has 0 radical (unpaired) electrons. The van der Waals surface area contributed by atoms with Crippen molar-refractivity contribution in [1.29, 1.82) is 0 Å². The van der Waals surface area contributed by atoms with E-state index in [1.165, 1.54) is 0 Å². The summed E-state index contributed by atoms with van der Waals surface area (Å²) in [4.78, 5) is 12.4. The molecule has 0 aliphatic rings. The second-order valence-corrected chi connectivity index (χ2v) is 7.48. The Kier molecular flexibility index (Phi) is 6.63. The van der Waals surface area contributed by atoms with E-state index in [-0.39, 0.29) is 5.91 Å². The van der Waals surface area contributed by atoms with E-state index >= 15 is 0 Å². The van der Waals surface area contributed by atoms with Gasteiger partial charge in [0.2, 0.25) is 0 Å². The van der Waals surface area contributed by atoms with E-state index < -0.39 is 0 Å². The molecule has 32 heavy (non-hydrogen) atoms. The zero-order chi connectivity index (χ0) is 22.3. The fourth-order valence-corrected chi connectivity index (χ4v) is 3.21. The molecule has 1 amide bonds. The van der Waals surface area contributed by atoms with Crippen molar-refractivity contribution in [3.8, 4) is 17.0 Å². The van der Waals surface area contributed by atoms with Gasteiger partial charge >= 0.3 is 0 Å². The smallest absolute Gasteiger partial charge is 0.289 e. The van der Waals surface area contributed by atoms with Crippen LogP contribution in [-0.2, 0) is 6.61 Å². The number of hydrogen-bond donors (Lipinski definition) is 2. The molecule has 1 aromatic heterocycles. The molecule has 0 atom stereocenters. The maximum Gasteiger partial charge on any atom is 0.289 e. The standard InChI is InChI=1S/C25H21ClN4O2/c1-17(18-7-3-2-4-8-18)27-30-25(31)24-15-23(28-29-24)19-11-13-21(14-12-19)32-16-20-9-5-6-10-22(20)26/h2-15H,16H2,1H3,(H,28,29)(H,30,31)/b27-17-. The van der Waals surface area contributed by atoms with Gasteiger partial charge in [-0.05, 0) is 48.9 Å². The number of carbonyl (C=O) groups excluding carboxylic acids is 1. The Morgan fingerprint density at radius 2 is 1.75 bits per heavy atom. The number of aromatic nitrogens is 2. The number of aromatic amines is 1. The lowest BCUT2D eigenvalue weighted by molar-refractivity contribution is 0.0950. The van der Waals surface area contributed by atoms with E-state index in [0.29, 0.717) is 34.5 Å². The van der Waals surface area contributed by atoms with Crippen molar-refractivity contribution in [2.24, 2.45) is 5.10 Å². The molecule has 0 bridgehead atoms. The lowest BCUT2D eigenvalue weighted by Gasteiger charge is -2.08. The quantitative estimate of drug-likeness (QED) is 0.293. The number of H-pyrrole nitrogens is 1. The van der Waals surface area contributed by atoms with Gasteiger partial charge in [0.15, 0.2) is 0 Å². The van der Waals surface area contributed by atoms with Gasteiger partial charge in [-0.15, -0.1) is 0 Å². The predicted octanol–water partition coefficient (Wildman–Crippen LogP) is 5.46. The Hall–Kier alpha value is -3.90. The molecular weight excluding hydrogens is 424 g/mol. The van der Waals surface area contributed by atoms with E-state index in [2.05, 4.69) is 20.7 Å².